The zero-order valence-electron chi connectivity index (χ0n) is 14.9. The van der Waals surface area contributed by atoms with Crippen LogP contribution in [0.2, 0.25) is 0 Å². The average Bonchev–Trinajstić information content (AvgIpc) is 2.73. The van der Waals surface area contributed by atoms with Crippen LogP contribution in [0.1, 0.15) is 19.3 Å². The van der Waals surface area contributed by atoms with Crippen LogP contribution >= 0.6 is 11.8 Å². The third kappa shape index (κ3) is 3.95. The van der Waals surface area contributed by atoms with Gasteiger partial charge in [0.1, 0.15) is 16.5 Å². The molecule has 1 aliphatic heterocycles. The lowest BCUT2D eigenvalue weighted by Gasteiger charge is -2.26. The molecule has 3 aromatic rings. The van der Waals surface area contributed by atoms with Crippen molar-refractivity contribution >= 4 is 28.4 Å². The van der Waals surface area contributed by atoms with Gasteiger partial charge in [-0.05, 0) is 43.5 Å². The molecular weight excluding hydrogens is 361 g/mol. The van der Waals surface area contributed by atoms with Crippen LogP contribution in [0, 0.1) is 5.82 Å². The Hall–Kier alpha value is -2.47. The van der Waals surface area contributed by atoms with Gasteiger partial charge in [-0.1, -0.05) is 36.0 Å². The van der Waals surface area contributed by atoms with Crippen LogP contribution in [0.15, 0.2) is 53.6 Å². The predicted molar refractivity (Wildman–Crippen MR) is 106 cm³/mol. The summed E-state index contributed by atoms with van der Waals surface area (Å²) in [6.45, 7) is 1.71. The van der Waals surface area contributed by atoms with Crippen LogP contribution in [0.5, 0.6) is 0 Å². The average molecular weight is 381 g/mol. The molecule has 0 atom stereocenters. The quantitative estimate of drug-likeness (QED) is 0.623. The van der Waals surface area contributed by atoms with E-state index >= 15 is 0 Å². The highest BCUT2D eigenvalue weighted by Gasteiger charge is 2.18. The number of carbonyl (C=O) groups excluding carboxylic acids is 1. The van der Waals surface area contributed by atoms with E-state index in [9.17, 15) is 9.18 Å². The van der Waals surface area contributed by atoms with Crippen LogP contribution < -0.4 is 0 Å². The van der Waals surface area contributed by atoms with E-state index in [0.29, 0.717) is 5.75 Å². The van der Waals surface area contributed by atoms with Crippen molar-refractivity contribution in [3.8, 4) is 11.3 Å². The van der Waals surface area contributed by atoms with Crippen molar-refractivity contribution in [2.45, 2.75) is 24.3 Å². The molecule has 0 spiro atoms. The molecule has 0 radical (unpaired) electrons. The molecule has 27 heavy (non-hydrogen) atoms. The third-order valence-corrected chi connectivity index (χ3v) is 5.78. The number of benzene rings is 2. The first kappa shape index (κ1) is 17.9. The van der Waals surface area contributed by atoms with Crippen molar-refractivity contribution < 1.29 is 9.18 Å². The first-order valence-corrected chi connectivity index (χ1v) is 10.1. The summed E-state index contributed by atoms with van der Waals surface area (Å²) in [5.74, 6) is 0.252. The zero-order valence-corrected chi connectivity index (χ0v) is 15.7. The van der Waals surface area contributed by atoms with Gasteiger partial charge in [0.15, 0.2) is 0 Å². The maximum absolute atomic E-state index is 13.2. The van der Waals surface area contributed by atoms with E-state index in [2.05, 4.69) is 10.2 Å². The van der Waals surface area contributed by atoms with Gasteiger partial charge in [-0.25, -0.2) is 4.39 Å². The van der Waals surface area contributed by atoms with E-state index < -0.39 is 0 Å². The SMILES string of the molecule is O=C(CSc1nnc(-c2ccc(F)cc2)c2ccccc12)N1CCCCC1. The van der Waals surface area contributed by atoms with Crippen molar-refractivity contribution in [2.24, 2.45) is 0 Å². The predicted octanol–water partition coefficient (Wildman–Crippen LogP) is 4.54. The second-order valence-corrected chi connectivity index (χ2v) is 7.60. The number of fused-ring (bicyclic) bond motifs is 1. The number of halogens is 1. The van der Waals surface area contributed by atoms with E-state index in [1.54, 1.807) is 12.1 Å². The van der Waals surface area contributed by atoms with E-state index in [0.717, 1.165) is 53.0 Å². The summed E-state index contributed by atoms with van der Waals surface area (Å²) < 4.78 is 13.2. The van der Waals surface area contributed by atoms with E-state index in [1.165, 1.54) is 30.3 Å². The molecule has 2 aromatic carbocycles. The van der Waals surface area contributed by atoms with E-state index in [1.807, 2.05) is 29.2 Å². The number of nitrogens with zero attached hydrogens (tertiary/aromatic N) is 3. The van der Waals surface area contributed by atoms with Crippen molar-refractivity contribution in [1.29, 1.82) is 0 Å². The number of aromatic nitrogens is 2. The van der Waals surface area contributed by atoms with Gasteiger partial charge in [0, 0.05) is 29.4 Å². The molecule has 1 amide bonds. The van der Waals surface area contributed by atoms with Gasteiger partial charge in [-0.15, -0.1) is 10.2 Å². The summed E-state index contributed by atoms with van der Waals surface area (Å²) in [6.07, 6.45) is 3.38. The Balaban J connectivity index is 1.60. The Labute approximate surface area is 161 Å². The number of thioether (sulfide) groups is 1. The van der Waals surface area contributed by atoms with Crippen molar-refractivity contribution in [1.82, 2.24) is 15.1 Å². The Morgan fingerprint density at radius 1 is 0.963 bits per heavy atom. The summed E-state index contributed by atoms with van der Waals surface area (Å²) >= 11 is 1.43. The summed E-state index contributed by atoms with van der Waals surface area (Å²) in [6, 6.07) is 14.1. The number of hydrogen-bond acceptors (Lipinski definition) is 4. The molecular formula is C21H20FN3OS. The highest BCUT2D eigenvalue weighted by atomic mass is 32.2. The van der Waals surface area contributed by atoms with E-state index in [-0.39, 0.29) is 11.7 Å². The molecule has 4 nitrogen and oxygen atoms in total. The Morgan fingerprint density at radius 2 is 1.67 bits per heavy atom. The molecule has 0 bridgehead atoms. The van der Waals surface area contributed by atoms with Crippen molar-refractivity contribution in [2.75, 3.05) is 18.8 Å². The number of likely N-dealkylation sites (tertiary alicyclic amines) is 1. The molecule has 1 fully saturated rings. The summed E-state index contributed by atoms with van der Waals surface area (Å²) in [4.78, 5) is 14.4. The summed E-state index contributed by atoms with van der Waals surface area (Å²) in [5, 5.41) is 11.4. The van der Waals surface area contributed by atoms with Crippen molar-refractivity contribution in [3.05, 3.63) is 54.3 Å². The monoisotopic (exact) mass is 381 g/mol. The largest absolute Gasteiger partial charge is 0.342 e. The Bertz CT molecular complexity index is 955. The maximum Gasteiger partial charge on any atom is 0.232 e. The minimum absolute atomic E-state index is 0.160. The maximum atomic E-state index is 13.2. The Kier molecular flexibility index (Phi) is 5.34. The first-order chi connectivity index (χ1) is 13.2. The molecule has 138 valence electrons. The van der Waals surface area contributed by atoms with Gasteiger partial charge >= 0.3 is 0 Å². The van der Waals surface area contributed by atoms with Gasteiger partial charge in [0.05, 0.1) is 5.75 Å². The zero-order chi connectivity index (χ0) is 18.6. The molecule has 0 saturated carbocycles. The van der Waals surface area contributed by atoms with Gasteiger partial charge in [-0.3, -0.25) is 4.79 Å². The standard InChI is InChI=1S/C21H20FN3OS/c22-16-10-8-15(9-11-16)20-17-6-2-3-7-18(17)21(24-23-20)27-14-19(26)25-12-4-1-5-13-25/h2-3,6-11H,1,4-5,12-14H2. The number of piperidine rings is 1. The number of carbonyl (C=O) groups is 1. The molecule has 0 aliphatic carbocycles. The molecule has 1 aromatic heterocycles. The molecule has 2 heterocycles. The van der Waals surface area contributed by atoms with Gasteiger partial charge < -0.3 is 4.90 Å². The lowest BCUT2D eigenvalue weighted by atomic mass is 10.1. The lowest BCUT2D eigenvalue weighted by molar-refractivity contribution is -0.129. The molecule has 0 N–H and O–H groups in total. The molecule has 0 unspecified atom stereocenters. The highest BCUT2D eigenvalue weighted by molar-refractivity contribution is 8.00. The normalized spacial score (nSPS) is 14.5. The molecule has 6 heteroatoms. The number of rotatable bonds is 4. The van der Waals surface area contributed by atoms with Crippen LogP contribution in [0.25, 0.3) is 22.0 Å². The molecule has 1 saturated heterocycles. The minimum Gasteiger partial charge on any atom is -0.342 e. The lowest BCUT2D eigenvalue weighted by Crippen LogP contribution is -2.36. The summed E-state index contributed by atoms with van der Waals surface area (Å²) in [5.41, 5.74) is 1.54. The molecule has 1 aliphatic rings. The van der Waals surface area contributed by atoms with Crippen LogP contribution in [0.3, 0.4) is 0 Å². The van der Waals surface area contributed by atoms with Gasteiger partial charge in [0.2, 0.25) is 5.91 Å². The van der Waals surface area contributed by atoms with Crippen molar-refractivity contribution in [3.63, 3.8) is 0 Å². The fraction of sp³-hybridized carbons (Fsp3) is 0.286. The number of amides is 1. The van der Waals surface area contributed by atoms with Crippen LogP contribution in [-0.4, -0.2) is 39.8 Å². The second kappa shape index (κ2) is 8.05. The first-order valence-electron chi connectivity index (χ1n) is 9.14. The fourth-order valence-corrected chi connectivity index (χ4v) is 4.25. The highest BCUT2D eigenvalue weighted by Crippen LogP contribution is 2.32. The summed E-state index contributed by atoms with van der Waals surface area (Å²) in [7, 11) is 0. The van der Waals surface area contributed by atoms with Gasteiger partial charge in [0.25, 0.3) is 0 Å². The minimum atomic E-state index is -0.278. The Morgan fingerprint density at radius 3 is 2.41 bits per heavy atom. The van der Waals surface area contributed by atoms with E-state index in [4.69, 9.17) is 0 Å². The second-order valence-electron chi connectivity index (χ2n) is 6.64. The van der Waals surface area contributed by atoms with Crippen LogP contribution in [-0.2, 0) is 4.79 Å². The van der Waals surface area contributed by atoms with Gasteiger partial charge in [-0.2, -0.15) is 0 Å². The smallest absolute Gasteiger partial charge is 0.232 e. The third-order valence-electron chi connectivity index (χ3n) is 4.81. The molecule has 4 rings (SSSR count). The fourth-order valence-electron chi connectivity index (χ4n) is 3.37. The number of hydrogen-bond donors (Lipinski definition) is 0. The van der Waals surface area contributed by atoms with Crippen LogP contribution in [0.4, 0.5) is 4.39 Å². The topological polar surface area (TPSA) is 46.1 Å².